The van der Waals surface area contributed by atoms with Crippen LogP contribution in [0, 0.1) is 0 Å². The summed E-state index contributed by atoms with van der Waals surface area (Å²) in [4.78, 5) is 27.7. The number of nitrogens with zero attached hydrogens (tertiary/aromatic N) is 2. The standard InChI is InChI=1S/C12H21N3O2S/c1-3-14-11(18-2)13-10(16)15(12(14)17)9-7-5-4-6-8-9/h9,11H,3-8H2,1-2H3,(H,13,16). The number of carbonyl (C=O) groups is 2. The SMILES string of the molecule is CCN1C(=O)N(C2CCCCC2)C(=O)NC1SC. The van der Waals surface area contributed by atoms with Crippen LogP contribution in [0.25, 0.3) is 0 Å². The van der Waals surface area contributed by atoms with Crippen molar-refractivity contribution in [3.8, 4) is 0 Å². The molecule has 6 heteroatoms. The molecule has 2 rings (SSSR count). The Morgan fingerprint density at radius 2 is 1.94 bits per heavy atom. The first-order valence-electron chi connectivity index (χ1n) is 6.62. The number of amides is 4. The smallest absolute Gasteiger partial charge is 0.308 e. The number of hydrogen-bond acceptors (Lipinski definition) is 3. The Morgan fingerprint density at radius 1 is 1.28 bits per heavy atom. The highest BCUT2D eigenvalue weighted by Crippen LogP contribution is 2.27. The molecule has 0 aromatic heterocycles. The monoisotopic (exact) mass is 271 g/mol. The fraction of sp³-hybridized carbons (Fsp3) is 0.833. The third kappa shape index (κ3) is 2.43. The lowest BCUT2D eigenvalue weighted by molar-refractivity contribution is 0.102. The van der Waals surface area contributed by atoms with Gasteiger partial charge >= 0.3 is 12.1 Å². The summed E-state index contributed by atoms with van der Waals surface area (Å²) in [6.07, 6.45) is 7.23. The van der Waals surface area contributed by atoms with Crippen molar-refractivity contribution in [1.29, 1.82) is 0 Å². The average molecular weight is 271 g/mol. The van der Waals surface area contributed by atoms with Gasteiger partial charge < -0.3 is 5.32 Å². The van der Waals surface area contributed by atoms with Crippen LogP contribution in [-0.4, -0.2) is 46.2 Å². The molecule has 1 unspecified atom stereocenters. The molecule has 1 aliphatic heterocycles. The summed E-state index contributed by atoms with van der Waals surface area (Å²) in [5.74, 6) is 0. The first-order valence-corrected chi connectivity index (χ1v) is 7.91. The highest BCUT2D eigenvalue weighted by atomic mass is 32.2. The van der Waals surface area contributed by atoms with E-state index in [9.17, 15) is 9.59 Å². The van der Waals surface area contributed by atoms with Gasteiger partial charge in [0.15, 0.2) is 5.50 Å². The Morgan fingerprint density at radius 3 is 2.50 bits per heavy atom. The summed E-state index contributed by atoms with van der Waals surface area (Å²) in [7, 11) is 0. The van der Waals surface area contributed by atoms with E-state index in [1.165, 1.54) is 23.1 Å². The van der Waals surface area contributed by atoms with Crippen molar-refractivity contribution in [3.63, 3.8) is 0 Å². The largest absolute Gasteiger partial charge is 0.330 e. The third-order valence-corrected chi connectivity index (χ3v) is 4.52. The van der Waals surface area contributed by atoms with Crippen LogP contribution in [0.5, 0.6) is 0 Å². The minimum absolute atomic E-state index is 0.0862. The minimum Gasteiger partial charge on any atom is -0.308 e. The van der Waals surface area contributed by atoms with Crippen LogP contribution < -0.4 is 5.32 Å². The molecular weight excluding hydrogens is 250 g/mol. The maximum absolute atomic E-state index is 12.4. The highest BCUT2D eigenvalue weighted by Gasteiger charge is 2.40. The summed E-state index contributed by atoms with van der Waals surface area (Å²) in [5.41, 5.74) is -0.227. The lowest BCUT2D eigenvalue weighted by Crippen LogP contribution is -2.66. The van der Waals surface area contributed by atoms with Gasteiger partial charge in [0.2, 0.25) is 0 Å². The van der Waals surface area contributed by atoms with Gasteiger partial charge in [-0.25, -0.2) is 14.5 Å². The van der Waals surface area contributed by atoms with Crippen molar-refractivity contribution in [2.45, 2.75) is 50.6 Å². The Kier molecular flexibility index (Phi) is 4.37. The number of nitrogens with one attached hydrogen (secondary N) is 1. The van der Waals surface area contributed by atoms with E-state index in [0.29, 0.717) is 6.54 Å². The molecule has 18 heavy (non-hydrogen) atoms. The van der Waals surface area contributed by atoms with Gasteiger partial charge in [-0.1, -0.05) is 19.3 Å². The summed E-state index contributed by atoms with van der Waals surface area (Å²) in [5, 5.41) is 2.90. The average Bonchev–Trinajstić information content (AvgIpc) is 2.39. The van der Waals surface area contributed by atoms with E-state index < -0.39 is 0 Å². The molecule has 0 spiro atoms. The van der Waals surface area contributed by atoms with Crippen molar-refractivity contribution in [2.75, 3.05) is 12.8 Å². The van der Waals surface area contributed by atoms with Crippen LogP contribution in [0.2, 0.25) is 0 Å². The van der Waals surface area contributed by atoms with E-state index in [2.05, 4.69) is 5.32 Å². The molecule has 1 heterocycles. The van der Waals surface area contributed by atoms with Gasteiger partial charge in [0, 0.05) is 12.6 Å². The maximum Gasteiger partial charge on any atom is 0.330 e. The number of urea groups is 2. The molecule has 1 saturated heterocycles. The first kappa shape index (κ1) is 13.5. The molecule has 0 aromatic carbocycles. The second-order valence-electron chi connectivity index (χ2n) is 4.77. The van der Waals surface area contributed by atoms with E-state index in [4.69, 9.17) is 0 Å². The molecule has 5 nitrogen and oxygen atoms in total. The van der Waals surface area contributed by atoms with Crippen molar-refractivity contribution in [3.05, 3.63) is 0 Å². The van der Waals surface area contributed by atoms with E-state index in [1.54, 1.807) is 4.90 Å². The lowest BCUT2D eigenvalue weighted by atomic mass is 9.94. The van der Waals surface area contributed by atoms with Crippen molar-refractivity contribution >= 4 is 23.8 Å². The van der Waals surface area contributed by atoms with Gasteiger partial charge in [0.05, 0.1) is 0 Å². The minimum atomic E-state index is -0.227. The van der Waals surface area contributed by atoms with Crippen LogP contribution >= 0.6 is 11.8 Å². The molecule has 1 saturated carbocycles. The summed E-state index contributed by atoms with van der Waals surface area (Å²) in [6, 6.07) is -0.272. The van der Waals surface area contributed by atoms with Crippen molar-refractivity contribution in [1.82, 2.24) is 15.1 Å². The molecule has 0 aromatic rings. The van der Waals surface area contributed by atoms with Gasteiger partial charge in [-0.05, 0) is 26.0 Å². The van der Waals surface area contributed by atoms with E-state index >= 15 is 0 Å². The molecule has 1 atom stereocenters. The Bertz CT molecular complexity index is 331. The number of rotatable bonds is 3. The molecular formula is C12H21N3O2S. The van der Waals surface area contributed by atoms with Crippen LogP contribution in [0.1, 0.15) is 39.0 Å². The topological polar surface area (TPSA) is 52.7 Å². The predicted molar refractivity (Wildman–Crippen MR) is 72.3 cm³/mol. The number of thioether (sulfide) groups is 1. The molecule has 0 radical (unpaired) electrons. The number of hydrogen-bond donors (Lipinski definition) is 1. The zero-order valence-corrected chi connectivity index (χ0v) is 11.8. The van der Waals surface area contributed by atoms with Crippen molar-refractivity contribution in [2.24, 2.45) is 0 Å². The van der Waals surface area contributed by atoms with Gasteiger partial charge in [0.25, 0.3) is 0 Å². The zero-order valence-electron chi connectivity index (χ0n) is 11.0. The van der Waals surface area contributed by atoms with Gasteiger partial charge in [-0.15, -0.1) is 11.8 Å². The summed E-state index contributed by atoms with van der Waals surface area (Å²) < 4.78 is 0. The number of imide groups is 1. The van der Waals surface area contributed by atoms with Crippen LogP contribution in [0.4, 0.5) is 9.59 Å². The third-order valence-electron chi connectivity index (χ3n) is 3.70. The Balaban J connectivity index is 2.14. The second kappa shape index (κ2) is 5.82. The van der Waals surface area contributed by atoms with E-state index in [-0.39, 0.29) is 23.6 Å². The predicted octanol–water partition coefficient (Wildman–Crippen LogP) is 2.43. The Hall–Kier alpha value is -0.910. The molecule has 1 aliphatic carbocycles. The zero-order chi connectivity index (χ0) is 13.1. The van der Waals surface area contributed by atoms with Crippen LogP contribution in [0.3, 0.4) is 0 Å². The van der Waals surface area contributed by atoms with Gasteiger partial charge in [0.1, 0.15) is 0 Å². The fourth-order valence-electron chi connectivity index (χ4n) is 2.73. The first-order chi connectivity index (χ1) is 8.69. The molecule has 0 bridgehead atoms. The quantitative estimate of drug-likeness (QED) is 0.857. The van der Waals surface area contributed by atoms with Crippen molar-refractivity contribution < 1.29 is 9.59 Å². The molecule has 2 fully saturated rings. The number of carbonyl (C=O) groups excluding carboxylic acids is 2. The Labute approximate surface area is 112 Å². The normalized spacial score (nSPS) is 26.4. The molecule has 2 aliphatic rings. The summed E-state index contributed by atoms with van der Waals surface area (Å²) in [6.45, 7) is 2.56. The highest BCUT2D eigenvalue weighted by molar-refractivity contribution is 7.99. The maximum atomic E-state index is 12.4. The second-order valence-corrected chi connectivity index (χ2v) is 5.69. The lowest BCUT2D eigenvalue weighted by Gasteiger charge is -2.43. The summed E-state index contributed by atoms with van der Waals surface area (Å²) >= 11 is 1.48. The van der Waals surface area contributed by atoms with Gasteiger partial charge in [-0.2, -0.15) is 0 Å². The van der Waals surface area contributed by atoms with Gasteiger partial charge in [-0.3, -0.25) is 4.90 Å². The van der Waals surface area contributed by atoms with Crippen LogP contribution in [-0.2, 0) is 0 Å². The molecule has 102 valence electrons. The fourth-order valence-corrected chi connectivity index (χ4v) is 3.44. The van der Waals surface area contributed by atoms with E-state index in [0.717, 1.165) is 25.7 Å². The van der Waals surface area contributed by atoms with Crippen LogP contribution in [0.15, 0.2) is 0 Å². The molecule has 1 N–H and O–H groups in total. The van der Waals surface area contributed by atoms with E-state index in [1.807, 2.05) is 13.2 Å². The molecule has 4 amide bonds.